The van der Waals surface area contributed by atoms with Crippen molar-refractivity contribution in [3.63, 3.8) is 0 Å². The molecule has 1 aliphatic heterocycles. The molecule has 1 saturated heterocycles. The van der Waals surface area contributed by atoms with Gasteiger partial charge in [0.05, 0.1) is 0 Å². The van der Waals surface area contributed by atoms with Gasteiger partial charge in [0.15, 0.2) is 5.82 Å². The van der Waals surface area contributed by atoms with Crippen molar-refractivity contribution in [3.8, 4) is 5.75 Å². The third kappa shape index (κ3) is 3.33. The topological polar surface area (TPSA) is 92.8 Å². The summed E-state index contributed by atoms with van der Waals surface area (Å²) in [6.45, 7) is -0.450. The van der Waals surface area contributed by atoms with E-state index in [0.717, 1.165) is 5.56 Å². The molecule has 0 bridgehead atoms. The molecule has 28 heavy (non-hydrogen) atoms. The number of carbonyl (C=O) groups excluding carboxylic acids is 2. The van der Waals surface area contributed by atoms with Crippen LogP contribution in [0.5, 0.6) is 5.75 Å². The van der Waals surface area contributed by atoms with Crippen molar-refractivity contribution in [1.82, 2.24) is 4.72 Å². The maximum atomic E-state index is 15.4. The van der Waals surface area contributed by atoms with E-state index in [-0.39, 0.29) is 35.8 Å². The normalized spacial score (nSPS) is 18.0. The zero-order valence-corrected chi connectivity index (χ0v) is 15.6. The van der Waals surface area contributed by atoms with E-state index < -0.39 is 28.5 Å². The van der Waals surface area contributed by atoms with Crippen LogP contribution in [0, 0.1) is 5.82 Å². The van der Waals surface area contributed by atoms with Gasteiger partial charge < -0.3 is 4.74 Å². The Bertz CT molecular complexity index is 1070. The predicted octanol–water partition coefficient (Wildman–Crippen LogP) is 1.64. The Morgan fingerprint density at radius 1 is 1.14 bits per heavy atom. The summed E-state index contributed by atoms with van der Waals surface area (Å²) in [5, 5.41) is 0. The molecule has 2 aromatic rings. The summed E-state index contributed by atoms with van der Waals surface area (Å²) in [6.07, 6.45) is 0.547. The maximum Gasteiger partial charge on any atom is 0.326 e. The summed E-state index contributed by atoms with van der Waals surface area (Å²) < 4.78 is 48.2. The van der Waals surface area contributed by atoms with Crippen molar-refractivity contribution in [2.75, 3.05) is 10.8 Å². The van der Waals surface area contributed by atoms with Gasteiger partial charge in [-0.1, -0.05) is 30.3 Å². The molecule has 1 fully saturated rings. The molecule has 4 rings (SSSR count). The number of halogens is 1. The van der Waals surface area contributed by atoms with Crippen LogP contribution in [-0.2, 0) is 39.2 Å². The third-order valence-electron chi connectivity index (χ3n) is 4.75. The molecule has 9 heteroatoms. The van der Waals surface area contributed by atoms with Crippen molar-refractivity contribution in [2.24, 2.45) is 0 Å². The van der Waals surface area contributed by atoms with Crippen LogP contribution in [0.4, 0.5) is 10.1 Å². The van der Waals surface area contributed by atoms with E-state index in [1.54, 1.807) is 6.07 Å². The van der Waals surface area contributed by atoms with Crippen molar-refractivity contribution in [1.29, 1.82) is 0 Å². The van der Waals surface area contributed by atoms with Gasteiger partial charge >= 0.3 is 10.2 Å². The van der Waals surface area contributed by atoms with Crippen molar-refractivity contribution in [2.45, 2.75) is 25.9 Å². The fourth-order valence-corrected chi connectivity index (χ4v) is 4.56. The standard InChI is InChI=1S/C19H17FN2O5S/c20-18-15-9-14(23)7-6-13(15)8-16(27-11-12-4-2-1-3-5-12)19(18)22-10-17(24)21-28(22,25)26/h1-5,8H,6-7,9-11H2,(H,21,24). The molecule has 0 radical (unpaired) electrons. The summed E-state index contributed by atoms with van der Waals surface area (Å²) in [5.41, 5.74) is 1.25. The van der Waals surface area contributed by atoms with Crippen molar-refractivity contribution >= 4 is 27.6 Å². The van der Waals surface area contributed by atoms with Crippen molar-refractivity contribution in [3.05, 3.63) is 58.9 Å². The number of hydrogen-bond acceptors (Lipinski definition) is 5. The third-order valence-corrected chi connectivity index (χ3v) is 6.13. The molecule has 7 nitrogen and oxygen atoms in total. The number of nitrogens with one attached hydrogen (secondary N) is 1. The number of ketones is 1. The second-order valence-electron chi connectivity index (χ2n) is 6.70. The molecular formula is C19H17FN2O5S. The molecule has 0 saturated carbocycles. The van der Waals surface area contributed by atoms with E-state index >= 15 is 4.39 Å². The van der Waals surface area contributed by atoms with Crippen LogP contribution in [0.3, 0.4) is 0 Å². The summed E-state index contributed by atoms with van der Waals surface area (Å²) in [5.74, 6) is -1.70. The molecule has 1 heterocycles. The van der Waals surface area contributed by atoms with Gasteiger partial charge in [-0.15, -0.1) is 0 Å². The molecule has 146 valence electrons. The van der Waals surface area contributed by atoms with Crippen LogP contribution in [0.1, 0.15) is 23.1 Å². The van der Waals surface area contributed by atoms with Gasteiger partial charge in [-0.05, 0) is 23.6 Å². The van der Waals surface area contributed by atoms with Crippen LogP contribution in [0.2, 0.25) is 0 Å². The Labute approximate surface area is 161 Å². The number of hydrogen-bond donors (Lipinski definition) is 1. The predicted molar refractivity (Wildman–Crippen MR) is 98.6 cm³/mol. The number of benzene rings is 2. The molecule has 1 amide bonds. The smallest absolute Gasteiger partial charge is 0.326 e. The Hall–Kier alpha value is -2.94. The zero-order valence-electron chi connectivity index (χ0n) is 14.8. The van der Waals surface area contributed by atoms with Gasteiger partial charge in [0.1, 0.15) is 30.4 Å². The molecule has 2 aliphatic rings. The summed E-state index contributed by atoms with van der Waals surface area (Å²) in [4.78, 5) is 23.4. The molecule has 1 N–H and O–H groups in total. The Morgan fingerprint density at radius 2 is 1.89 bits per heavy atom. The highest BCUT2D eigenvalue weighted by Crippen LogP contribution is 2.40. The second-order valence-corrected chi connectivity index (χ2v) is 8.30. The molecule has 0 aromatic heterocycles. The first-order chi connectivity index (χ1) is 13.3. The van der Waals surface area contributed by atoms with E-state index in [1.807, 2.05) is 35.1 Å². The van der Waals surface area contributed by atoms with Crippen LogP contribution in [-0.4, -0.2) is 26.7 Å². The Balaban J connectivity index is 1.80. The molecular weight excluding hydrogens is 387 g/mol. The van der Waals surface area contributed by atoms with Gasteiger partial charge in [0.2, 0.25) is 0 Å². The highest BCUT2D eigenvalue weighted by Gasteiger charge is 2.39. The highest BCUT2D eigenvalue weighted by atomic mass is 32.2. The molecule has 0 unspecified atom stereocenters. The lowest BCUT2D eigenvalue weighted by Crippen LogP contribution is -2.31. The maximum absolute atomic E-state index is 15.4. The molecule has 1 aliphatic carbocycles. The van der Waals surface area contributed by atoms with E-state index in [9.17, 15) is 18.0 Å². The van der Waals surface area contributed by atoms with Crippen LogP contribution >= 0.6 is 0 Å². The minimum Gasteiger partial charge on any atom is -0.487 e. The average Bonchev–Trinajstić information content (AvgIpc) is 2.93. The van der Waals surface area contributed by atoms with E-state index in [1.165, 1.54) is 0 Å². The number of rotatable bonds is 4. The summed E-state index contributed by atoms with van der Waals surface area (Å²) in [6, 6.07) is 10.7. The largest absolute Gasteiger partial charge is 0.487 e. The Kier molecular flexibility index (Phi) is 4.54. The highest BCUT2D eigenvalue weighted by molar-refractivity contribution is 7.92. The number of Topliss-reactive ketones (excluding diaryl/α,β-unsaturated/α-hetero) is 1. The average molecular weight is 404 g/mol. The lowest BCUT2D eigenvalue weighted by atomic mass is 9.89. The number of amides is 1. The zero-order chi connectivity index (χ0) is 19.9. The van der Waals surface area contributed by atoms with Gasteiger partial charge in [-0.2, -0.15) is 8.42 Å². The second kappa shape index (κ2) is 6.90. The quantitative estimate of drug-likeness (QED) is 0.836. The number of fused-ring (bicyclic) bond motifs is 1. The number of anilines is 1. The first kappa shape index (κ1) is 18.4. The van der Waals surface area contributed by atoms with Gasteiger partial charge in [-0.25, -0.2) is 13.4 Å². The summed E-state index contributed by atoms with van der Waals surface area (Å²) >= 11 is 0. The molecule has 0 spiro atoms. The monoisotopic (exact) mass is 404 g/mol. The van der Waals surface area contributed by atoms with E-state index in [4.69, 9.17) is 4.74 Å². The summed E-state index contributed by atoms with van der Waals surface area (Å²) in [7, 11) is -4.23. The van der Waals surface area contributed by atoms with Gasteiger partial charge in [0, 0.05) is 18.4 Å². The Morgan fingerprint density at radius 3 is 2.57 bits per heavy atom. The van der Waals surface area contributed by atoms with Crippen LogP contribution < -0.4 is 13.8 Å². The van der Waals surface area contributed by atoms with Crippen LogP contribution in [0.25, 0.3) is 0 Å². The number of nitrogens with zero attached hydrogens (tertiary/aromatic N) is 1. The first-order valence-corrected chi connectivity index (χ1v) is 10.1. The fourth-order valence-electron chi connectivity index (χ4n) is 3.40. The number of aryl methyl sites for hydroxylation is 1. The first-order valence-electron chi connectivity index (χ1n) is 8.71. The van der Waals surface area contributed by atoms with Gasteiger partial charge in [-0.3, -0.25) is 9.59 Å². The SMILES string of the molecule is O=C1CCc2cc(OCc3ccccc3)c(N3CC(=O)NS3(=O)=O)c(F)c2C1. The number of carbonyl (C=O) groups is 2. The van der Waals surface area contributed by atoms with Crippen molar-refractivity contribution < 1.29 is 27.1 Å². The van der Waals surface area contributed by atoms with Gasteiger partial charge in [0.25, 0.3) is 5.91 Å². The molecule has 0 atom stereocenters. The molecule has 2 aromatic carbocycles. The van der Waals surface area contributed by atoms with E-state index in [2.05, 4.69) is 0 Å². The minimum atomic E-state index is -4.23. The van der Waals surface area contributed by atoms with E-state index in [0.29, 0.717) is 22.7 Å². The lowest BCUT2D eigenvalue weighted by Gasteiger charge is -2.24. The minimum absolute atomic E-state index is 0.0227. The van der Waals surface area contributed by atoms with Crippen LogP contribution in [0.15, 0.2) is 36.4 Å². The lowest BCUT2D eigenvalue weighted by molar-refractivity contribution is -0.119. The number of ether oxygens (including phenoxy) is 1. The fraction of sp³-hybridized carbons (Fsp3) is 0.263.